The molecule has 8 heteroatoms. The van der Waals surface area contributed by atoms with Crippen LogP contribution in [0.5, 0.6) is 0 Å². The van der Waals surface area contributed by atoms with Crippen LogP contribution < -0.4 is 0 Å². The van der Waals surface area contributed by atoms with Crippen molar-refractivity contribution in [1.29, 1.82) is 0 Å². The van der Waals surface area contributed by atoms with Gasteiger partial charge in [-0.15, -0.1) is 0 Å². The van der Waals surface area contributed by atoms with Gasteiger partial charge in [-0.2, -0.15) is 13.2 Å². The standard InChI is InChI=1S/C24H15Cl2F3N2O/c25-20-6-5-15(11-21(20)26)18(23-19(24(27,28)29)2-1-8-31-23)12-22(32)16-3-4-17-13-30-9-7-14(17)10-16/h1-11,13,18H,12H2/t18-/m0/s1. The number of hydrogen-bond donors (Lipinski definition) is 0. The fraction of sp³-hybridized carbons (Fsp3) is 0.125. The second-order valence-corrected chi connectivity index (χ2v) is 8.04. The summed E-state index contributed by atoms with van der Waals surface area (Å²) in [5.41, 5.74) is -0.328. The third-order valence-corrected chi connectivity index (χ3v) is 5.91. The first-order valence-electron chi connectivity index (χ1n) is 9.58. The van der Waals surface area contributed by atoms with Gasteiger partial charge < -0.3 is 0 Å². The van der Waals surface area contributed by atoms with Gasteiger partial charge in [0.25, 0.3) is 0 Å². The van der Waals surface area contributed by atoms with Crippen LogP contribution in [0.25, 0.3) is 10.8 Å². The van der Waals surface area contributed by atoms with Crippen molar-refractivity contribution in [3.8, 4) is 0 Å². The Bertz CT molecular complexity index is 1310. The maximum Gasteiger partial charge on any atom is 0.418 e. The average Bonchev–Trinajstić information content (AvgIpc) is 2.78. The SMILES string of the molecule is O=C(C[C@@H](c1ccc(Cl)c(Cl)c1)c1ncccc1C(F)(F)F)c1ccc2cnccc2c1. The highest BCUT2D eigenvalue weighted by Gasteiger charge is 2.37. The molecular formula is C24H15Cl2F3N2O. The first-order valence-corrected chi connectivity index (χ1v) is 10.3. The number of alkyl halides is 3. The molecule has 3 nitrogen and oxygen atoms in total. The van der Waals surface area contributed by atoms with Crippen LogP contribution in [0.1, 0.15) is 39.5 Å². The first kappa shape index (κ1) is 22.2. The molecule has 162 valence electrons. The average molecular weight is 475 g/mol. The number of pyridine rings is 2. The molecule has 1 atom stereocenters. The summed E-state index contributed by atoms with van der Waals surface area (Å²) in [7, 11) is 0. The van der Waals surface area contributed by atoms with Crippen LogP contribution >= 0.6 is 23.2 Å². The van der Waals surface area contributed by atoms with E-state index in [1.54, 1.807) is 42.7 Å². The van der Waals surface area contributed by atoms with Crippen molar-refractivity contribution in [2.75, 3.05) is 0 Å². The molecule has 2 heterocycles. The largest absolute Gasteiger partial charge is 0.418 e. The second-order valence-electron chi connectivity index (χ2n) is 7.22. The van der Waals surface area contributed by atoms with Crippen LogP contribution in [-0.4, -0.2) is 15.8 Å². The van der Waals surface area contributed by atoms with E-state index < -0.39 is 17.7 Å². The molecule has 2 aromatic carbocycles. The van der Waals surface area contributed by atoms with Crippen LogP contribution in [0, 0.1) is 0 Å². The number of carbonyl (C=O) groups is 1. The number of rotatable bonds is 5. The van der Waals surface area contributed by atoms with Gasteiger partial charge in [0, 0.05) is 41.9 Å². The van der Waals surface area contributed by atoms with Gasteiger partial charge in [-0.3, -0.25) is 14.8 Å². The number of hydrogen-bond acceptors (Lipinski definition) is 3. The van der Waals surface area contributed by atoms with Gasteiger partial charge in [-0.1, -0.05) is 41.4 Å². The summed E-state index contributed by atoms with van der Waals surface area (Å²) in [6.07, 6.45) is -0.293. The lowest BCUT2D eigenvalue weighted by molar-refractivity contribution is -0.138. The molecule has 0 bridgehead atoms. The number of halogens is 5. The lowest BCUT2D eigenvalue weighted by Crippen LogP contribution is -2.17. The summed E-state index contributed by atoms with van der Waals surface area (Å²) in [5.74, 6) is -1.29. The van der Waals surface area contributed by atoms with Crippen LogP contribution in [0.15, 0.2) is 73.2 Å². The monoisotopic (exact) mass is 474 g/mol. The summed E-state index contributed by atoms with van der Waals surface area (Å²) in [4.78, 5) is 21.2. The van der Waals surface area contributed by atoms with E-state index in [0.29, 0.717) is 11.1 Å². The Morgan fingerprint density at radius 1 is 0.938 bits per heavy atom. The number of ketones is 1. The fourth-order valence-electron chi connectivity index (χ4n) is 3.60. The predicted octanol–water partition coefficient (Wildman–Crippen LogP) is 7.36. The Morgan fingerprint density at radius 2 is 1.75 bits per heavy atom. The number of fused-ring (bicyclic) bond motifs is 1. The normalized spacial score (nSPS) is 12.7. The maximum atomic E-state index is 13.7. The third kappa shape index (κ3) is 4.61. The van der Waals surface area contributed by atoms with Gasteiger partial charge in [0.05, 0.1) is 21.3 Å². The Hall–Kier alpha value is -2.96. The van der Waals surface area contributed by atoms with E-state index in [-0.39, 0.29) is 27.9 Å². The molecule has 0 fully saturated rings. The Morgan fingerprint density at radius 3 is 2.50 bits per heavy atom. The molecular weight excluding hydrogens is 460 g/mol. The highest BCUT2D eigenvalue weighted by molar-refractivity contribution is 6.42. The van der Waals surface area contributed by atoms with Crippen molar-refractivity contribution in [2.24, 2.45) is 0 Å². The van der Waals surface area contributed by atoms with Crippen molar-refractivity contribution in [3.05, 3.63) is 106 Å². The lowest BCUT2D eigenvalue weighted by Gasteiger charge is -2.21. The van der Waals surface area contributed by atoms with Crippen LogP contribution in [-0.2, 0) is 6.18 Å². The summed E-state index contributed by atoms with van der Waals surface area (Å²) in [5, 5.41) is 2.12. The number of aromatic nitrogens is 2. The minimum Gasteiger partial charge on any atom is -0.294 e. The predicted molar refractivity (Wildman–Crippen MR) is 118 cm³/mol. The highest BCUT2D eigenvalue weighted by atomic mass is 35.5. The zero-order chi connectivity index (χ0) is 22.9. The Balaban J connectivity index is 1.79. The van der Waals surface area contributed by atoms with E-state index in [4.69, 9.17) is 23.2 Å². The topological polar surface area (TPSA) is 42.9 Å². The third-order valence-electron chi connectivity index (χ3n) is 5.17. The zero-order valence-electron chi connectivity index (χ0n) is 16.4. The van der Waals surface area contributed by atoms with E-state index in [1.165, 1.54) is 24.4 Å². The van der Waals surface area contributed by atoms with Gasteiger partial charge >= 0.3 is 6.18 Å². The van der Waals surface area contributed by atoms with Crippen molar-refractivity contribution >= 4 is 39.8 Å². The smallest absolute Gasteiger partial charge is 0.294 e. The van der Waals surface area contributed by atoms with Crippen LogP contribution in [0.2, 0.25) is 10.0 Å². The quantitative estimate of drug-likeness (QED) is 0.283. The van der Waals surface area contributed by atoms with Gasteiger partial charge in [-0.05, 0) is 47.3 Å². The minimum absolute atomic E-state index is 0.185. The molecule has 0 unspecified atom stereocenters. The Labute approximate surface area is 191 Å². The van der Waals surface area contributed by atoms with Crippen LogP contribution in [0.4, 0.5) is 13.2 Å². The summed E-state index contributed by atoms with van der Waals surface area (Å²) < 4.78 is 41.2. The summed E-state index contributed by atoms with van der Waals surface area (Å²) in [6, 6.07) is 13.6. The molecule has 0 amide bonds. The molecule has 0 spiro atoms. The molecule has 4 aromatic rings. The number of Topliss-reactive ketones (excluding diaryl/α,β-unsaturated/α-hetero) is 1. The zero-order valence-corrected chi connectivity index (χ0v) is 17.9. The molecule has 0 radical (unpaired) electrons. The maximum absolute atomic E-state index is 13.7. The van der Waals surface area contributed by atoms with Crippen molar-refractivity contribution in [2.45, 2.75) is 18.5 Å². The number of nitrogens with zero attached hydrogens (tertiary/aromatic N) is 2. The Kier molecular flexibility index (Phi) is 6.17. The van der Waals surface area contributed by atoms with E-state index in [1.807, 2.05) is 0 Å². The molecule has 0 aliphatic carbocycles. The van der Waals surface area contributed by atoms with Crippen molar-refractivity contribution in [3.63, 3.8) is 0 Å². The minimum atomic E-state index is -4.63. The molecule has 0 saturated heterocycles. The second kappa shape index (κ2) is 8.88. The van der Waals surface area contributed by atoms with E-state index >= 15 is 0 Å². The van der Waals surface area contributed by atoms with E-state index in [9.17, 15) is 18.0 Å². The molecule has 4 rings (SSSR count). The van der Waals surface area contributed by atoms with Crippen LogP contribution in [0.3, 0.4) is 0 Å². The van der Waals surface area contributed by atoms with Gasteiger partial charge in [0.2, 0.25) is 0 Å². The molecule has 32 heavy (non-hydrogen) atoms. The molecule has 2 aromatic heterocycles. The van der Waals surface area contributed by atoms with E-state index in [0.717, 1.165) is 16.8 Å². The molecule has 0 saturated carbocycles. The van der Waals surface area contributed by atoms with Crippen molar-refractivity contribution < 1.29 is 18.0 Å². The number of benzene rings is 2. The molecule has 0 N–H and O–H groups in total. The molecule has 0 aliphatic rings. The lowest BCUT2D eigenvalue weighted by atomic mass is 9.86. The van der Waals surface area contributed by atoms with Gasteiger partial charge in [-0.25, -0.2) is 0 Å². The summed E-state index contributed by atoms with van der Waals surface area (Å²) >= 11 is 12.1. The molecule has 0 aliphatic heterocycles. The number of carbonyl (C=O) groups excluding carboxylic acids is 1. The van der Waals surface area contributed by atoms with Crippen molar-refractivity contribution in [1.82, 2.24) is 9.97 Å². The summed E-state index contributed by atoms with van der Waals surface area (Å²) in [6.45, 7) is 0. The van der Waals surface area contributed by atoms with Gasteiger partial charge in [0.15, 0.2) is 5.78 Å². The first-order chi connectivity index (χ1) is 15.2. The fourth-order valence-corrected chi connectivity index (χ4v) is 3.90. The van der Waals surface area contributed by atoms with Gasteiger partial charge in [0.1, 0.15) is 0 Å². The van der Waals surface area contributed by atoms with E-state index in [2.05, 4.69) is 9.97 Å². The highest BCUT2D eigenvalue weighted by Crippen LogP contribution is 2.39.